The van der Waals surface area contributed by atoms with E-state index in [0.29, 0.717) is 0 Å². The van der Waals surface area contributed by atoms with Gasteiger partial charge in [0, 0.05) is 40.4 Å². The van der Waals surface area contributed by atoms with Crippen LogP contribution in [-0.4, -0.2) is 9.97 Å². The minimum atomic E-state index is 1.00. The zero-order valence-corrected chi connectivity index (χ0v) is 7.88. The Morgan fingerprint density at radius 2 is 2.17 bits per heavy atom. The first-order valence-corrected chi connectivity index (χ1v) is 4.39. The van der Waals surface area contributed by atoms with E-state index >= 15 is 0 Å². The molecule has 0 aliphatic rings. The lowest BCUT2D eigenvalue weighted by Gasteiger charge is -1.95. The van der Waals surface area contributed by atoms with Gasteiger partial charge in [0.15, 0.2) is 0 Å². The van der Waals surface area contributed by atoms with Crippen LogP contribution in [0.4, 0.5) is 0 Å². The highest BCUT2D eigenvalue weighted by atomic mass is 79.9. The molecule has 0 saturated carbocycles. The summed E-state index contributed by atoms with van der Waals surface area (Å²) in [5.74, 6) is 0. The smallest absolute Gasteiger partial charge is 0.0410 e. The molecule has 12 heavy (non-hydrogen) atoms. The van der Waals surface area contributed by atoms with Crippen molar-refractivity contribution in [2.75, 3.05) is 0 Å². The van der Waals surface area contributed by atoms with Crippen molar-refractivity contribution >= 4 is 15.9 Å². The quantitative estimate of drug-likeness (QED) is 0.791. The fraction of sp³-hybridized carbons (Fsp3) is 0. The molecule has 2 nitrogen and oxygen atoms in total. The number of nitrogens with one attached hydrogen (secondary N) is 1. The molecular formula is C9H7BrN2. The zero-order valence-electron chi connectivity index (χ0n) is 6.29. The number of aromatic amines is 1. The molecule has 0 bridgehead atoms. The van der Waals surface area contributed by atoms with E-state index in [-0.39, 0.29) is 0 Å². The molecule has 0 fully saturated rings. The Labute approximate surface area is 78.8 Å². The van der Waals surface area contributed by atoms with Crippen LogP contribution in [0.2, 0.25) is 0 Å². The molecule has 0 atom stereocenters. The average molecular weight is 223 g/mol. The molecule has 2 rings (SSSR count). The third kappa shape index (κ3) is 1.41. The number of nitrogens with zero attached hydrogens (tertiary/aromatic N) is 1. The second-order valence-electron chi connectivity index (χ2n) is 2.49. The number of hydrogen-bond donors (Lipinski definition) is 1. The van der Waals surface area contributed by atoms with Gasteiger partial charge in [0.05, 0.1) is 0 Å². The van der Waals surface area contributed by atoms with Crippen molar-refractivity contribution in [3.63, 3.8) is 0 Å². The second kappa shape index (κ2) is 3.11. The summed E-state index contributed by atoms with van der Waals surface area (Å²) < 4.78 is 1.00. The fourth-order valence-electron chi connectivity index (χ4n) is 1.07. The number of halogens is 1. The molecular weight excluding hydrogens is 216 g/mol. The van der Waals surface area contributed by atoms with Crippen LogP contribution in [0.15, 0.2) is 41.4 Å². The van der Waals surface area contributed by atoms with E-state index in [1.54, 1.807) is 6.20 Å². The first-order chi connectivity index (χ1) is 5.86. The topological polar surface area (TPSA) is 28.7 Å². The largest absolute Gasteiger partial charge is 0.367 e. The molecule has 2 aromatic rings. The Balaban J connectivity index is 2.48. The molecule has 1 N–H and O–H groups in total. The Morgan fingerprint density at radius 1 is 1.25 bits per heavy atom. The first-order valence-electron chi connectivity index (χ1n) is 3.60. The van der Waals surface area contributed by atoms with Crippen molar-refractivity contribution in [2.24, 2.45) is 0 Å². The van der Waals surface area contributed by atoms with Crippen LogP contribution in [0.25, 0.3) is 11.1 Å². The molecule has 2 aromatic heterocycles. The summed E-state index contributed by atoms with van der Waals surface area (Å²) in [5.41, 5.74) is 2.27. The summed E-state index contributed by atoms with van der Waals surface area (Å²) in [6.45, 7) is 0. The molecule has 0 saturated heterocycles. The Bertz CT molecular complexity index is 368. The van der Waals surface area contributed by atoms with Crippen LogP contribution in [0.3, 0.4) is 0 Å². The predicted molar refractivity (Wildman–Crippen MR) is 51.7 cm³/mol. The standard InChI is InChI=1S/C9H7BrN2/c10-9-3-8(5-12-6-9)7-1-2-11-4-7/h1-6,11H. The van der Waals surface area contributed by atoms with Gasteiger partial charge in [-0.15, -0.1) is 0 Å². The van der Waals surface area contributed by atoms with Crippen LogP contribution in [0, 0.1) is 0 Å². The first kappa shape index (κ1) is 7.55. The number of pyridine rings is 1. The highest BCUT2D eigenvalue weighted by Crippen LogP contribution is 2.20. The van der Waals surface area contributed by atoms with Gasteiger partial charge >= 0.3 is 0 Å². The number of aromatic nitrogens is 2. The van der Waals surface area contributed by atoms with Gasteiger partial charge in [0.1, 0.15) is 0 Å². The predicted octanol–water partition coefficient (Wildman–Crippen LogP) is 2.84. The van der Waals surface area contributed by atoms with Crippen LogP contribution in [-0.2, 0) is 0 Å². The fourth-order valence-corrected chi connectivity index (χ4v) is 1.44. The Kier molecular flexibility index (Phi) is 1.96. The molecule has 0 amide bonds. The molecule has 0 aromatic carbocycles. The van der Waals surface area contributed by atoms with E-state index in [0.717, 1.165) is 15.6 Å². The van der Waals surface area contributed by atoms with Crippen LogP contribution < -0.4 is 0 Å². The van der Waals surface area contributed by atoms with Crippen molar-refractivity contribution in [3.05, 3.63) is 41.4 Å². The molecule has 0 aliphatic heterocycles. The lowest BCUT2D eigenvalue weighted by molar-refractivity contribution is 1.31. The summed E-state index contributed by atoms with van der Waals surface area (Å²) in [5, 5.41) is 0. The van der Waals surface area contributed by atoms with Gasteiger partial charge < -0.3 is 4.98 Å². The molecule has 3 heteroatoms. The van der Waals surface area contributed by atoms with Gasteiger partial charge in [-0.25, -0.2) is 0 Å². The molecule has 0 spiro atoms. The minimum Gasteiger partial charge on any atom is -0.367 e. The Hall–Kier alpha value is -1.09. The monoisotopic (exact) mass is 222 g/mol. The van der Waals surface area contributed by atoms with Gasteiger partial charge in [-0.3, -0.25) is 4.98 Å². The van der Waals surface area contributed by atoms with Gasteiger partial charge in [-0.1, -0.05) is 0 Å². The van der Waals surface area contributed by atoms with Gasteiger partial charge in [0.25, 0.3) is 0 Å². The van der Waals surface area contributed by atoms with Crippen LogP contribution in [0.1, 0.15) is 0 Å². The van der Waals surface area contributed by atoms with E-state index in [9.17, 15) is 0 Å². The molecule has 60 valence electrons. The van der Waals surface area contributed by atoms with Crippen molar-refractivity contribution in [1.29, 1.82) is 0 Å². The third-order valence-corrected chi connectivity index (χ3v) is 2.07. The van der Waals surface area contributed by atoms with Gasteiger partial charge in [0.2, 0.25) is 0 Å². The lowest BCUT2D eigenvalue weighted by atomic mass is 10.2. The van der Waals surface area contributed by atoms with Crippen LogP contribution in [0.5, 0.6) is 0 Å². The maximum absolute atomic E-state index is 4.08. The van der Waals surface area contributed by atoms with E-state index in [4.69, 9.17) is 0 Å². The highest BCUT2D eigenvalue weighted by molar-refractivity contribution is 9.10. The van der Waals surface area contributed by atoms with E-state index in [1.807, 2.05) is 30.7 Å². The average Bonchev–Trinajstić information content (AvgIpc) is 2.56. The number of H-pyrrole nitrogens is 1. The van der Waals surface area contributed by atoms with Crippen LogP contribution >= 0.6 is 15.9 Å². The van der Waals surface area contributed by atoms with Gasteiger partial charge in [-0.05, 0) is 28.1 Å². The summed E-state index contributed by atoms with van der Waals surface area (Å²) in [6, 6.07) is 4.06. The third-order valence-electron chi connectivity index (χ3n) is 1.64. The zero-order chi connectivity index (χ0) is 8.39. The Morgan fingerprint density at radius 3 is 2.83 bits per heavy atom. The minimum absolute atomic E-state index is 1.00. The summed E-state index contributed by atoms with van der Waals surface area (Å²) >= 11 is 3.37. The van der Waals surface area contributed by atoms with Crippen molar-refractivity contribution in [2.45, 2.75) is 0 Å². The summed E-state index contributed by atoms with van der Waals surface area (Å²) in [7, 11) is 0. The number of rotatable bonds is 1. The second-order valence-corrected chi connectivity index (χ2v) is 3.41. The maximum atomic E-state index is 4.08. The van der Waals surface area contributed by atoms with E-state index in [1.165, 1.54) is 0 Å². The van der Waals surface area contributed by atoms with E-state index < -0.39 is 0 Å². The molecule has 0 radical (unpaired) electrons. The van der Waals surface area contributed by atoms with Crippen molar-refractivity contribution in [3.8, 4) is 11.1 Å². The SMILES string of the molecule is Brc1cncc(-c2cc[nH]c2)c1. The van der Waals surface area contributed by atoms with E-state index in [2.05, 4.69) is 25.9 Å². The van der Waals surface area contributed by atoms with Crippen molar-refractivity contribution < 1.29 is 0 Å². The highest BCUT2D eigenvalue weighted by Gasteiger charge is 1.97. The number of hydrogen-bond acceptors (Lipinski definition) is 1. The maximum Gasteiger partial charge on any atom is 0.0410 e. The molecule has 0 unspecified atom stereocenters. The molecule has 0 aliphatic carbocycles. The summed E-state index contributed by atoms with van der Waals surface area (Å²) in [6.07, 6.45) is 7.46. The lowest BCUT2D eigenvalue weighted by Crippen LogP contribution is -1.76. The molecule has 2 heterocycles. The van der Waals surface area contributed by atoms with Crippen molar-refractivity contribution in [1.82, 2.24) is 9.97 Å². The normalized spacial score (nSPS) is 10.1. The summed E-state index contributed by atoms with van der Waals surface area (Å²) in [4.78, 5) is 7.08. The van der Waals surface area contributed by atoms with Gasteiger partial charge in [-0.2, -0.15) is 0 Å².